The SMILES string of the molecule is CCCOc1ccc(N2C(=O)C[C@H](SC(=NC)Nc3ccc(C(=O)OC)cc3)C2=O)cc1. The highest BCUT2D eigenvalue weighted by Crippen LogP contribution is 2.31. The molecule has 9 heteroatoms. The molecule has 2 aromatic rings. The van der Waals surface area contributed by atoms with E-state index in [-0.39, 0.29) is 18.2 Å². The summed E-state index contributed by atoms with van der Waals surface area (Å²) in [5, 5.41) is 3.03. The van der Waals surface area contributed by atoms with Crippen LogP contribution in [0.15, 0.2) is 53.5 Å². The van der Waals surface area contributed by atoms with Gasteiger partial charge in [-0.3, -0.25) is 14.6 Å². The van der Waals surface area contributed by atoms with Gasteiger partial charge in [-0.1, -0.05) is 18.7 Å². The average molecular weight is 456 g/mol. The predicted molar refractivity (Wildman–Crippen MR) is 125 cm³/mol. The highest BCUT2D eigenvalue weighted by atomic mass is 32.2. The molecule has 8 nitrogen and oxygen atoms in total. The Hall–Kier alpha value is -3.33. The van der Waals surface area contributed by atoms with Gasteiger partial charge in [0.1, 0.15) is 11.0 Å². The zero-order valence-corrected chi connectivity index (χ0v) is 19.0. The third-order valence-electron chi connectivity index (χ3n) is 4.69. The van der Waals surface area contributed by atoms with Gasteiger partial charge >= 0.3 is 5.97 Å². The number of nitrogens with one attached hydrogen (secondary N) is 1. The van der Waals surface area contributed by atoms with Crippen molar-refractivity contribution in [2.24, 2.45) is 4.99 Å². The van der Waals surface area contributed by atoms with E-state index in [2.05, 4.69) is 10.3 Å². The fraction of sp³-hybridized carbons (Fsp3) is 0.304. The van der Waals surface area contributed by atoms with Crippen molar-refractivity contribution in [3.05, 3.63) is 54.1 Å². The van der Waals surface area contributed by atoms with Gasteiger partial charge in [0.2, 0.25) is 11.8 Å². The molecular weight excluding hydrogens is 430 g/mol. The van der Waals surface area contributed by atoms with Crippen LogP contribution in [-0.2, 0) is 14.3 Å². The summed E-state index contributed by atoms with van der Waals surface area (Å²) >= 11 is 1.20. The Morgan fingerprint density at radius 1 is 1.16 bits per heavy atom. The molecule has 3 rings (SSSR count). The van der Waals surface area contributed by atoms with Gasteiger partial charge in [0, 0.05) is 19.2 Å². The lowest BCUT2D eigenvalue weighted by Gasteiger charge is -2.16. The number of ether oxygens (including phenoxy) is 2. The summed E-state index contributed by atoms with van der Waals surface area (Å²) in [6, 6.07) is 13.6. The number of nitrogens with zero attached hydrogens (tertiary/aromatic N) is 2. The second kappa shape index (κ2) is 10.8. The maximum atomic E-state index is 12.9. The number of rotatable bonds is 7. The second-order valence-electron chi connectivity index (χ2n) is 6.94. The molecule has 0 aliphatic carbocycles. The fourth-order valence-electron chi connectivity index (χ4n) is 3.08. The number of hydrogen-bond acceptors (Lipinski definition) is 7. The number of carbonyl (C=O) groups excluding carboxylic acids is 3. The number of thioether (sulfide) groups is 1. The standard InChI is InChI=1S/C23H25N3O5S/c1-4-13-31-18-11-9-17(10-12-18)26-20(27)14-19(21(26)28)32-23(24-2)25-16-7-5-15(6-8-16)22(29)30-3/h5-12,19H,4,13-14H2,1-3H3,(H,24,25)/t19-/m0/s1. The number of amides is 2. The van der Waals surface area contributed by atoms with E-state index in [0.29, 0.717) is 34.5 Å². The number of esters is 1. The molecule has 0 unspecified atom stereocenters. The average Bonchev–Trinajstić information content (AvgIpc) is 3.10. The van der Waals surface area contributed by atoms with Gasteiger partial charge in [0.15, 0.2) is 5.17 Å². The smallest absolute Gasteiger partial charge is 0.337 e. The Labute approximate surface area is 191 Å². The van der Waals surface area contributed by atoms with Crippen LogP contribution in [-0.4, -0.2) is 49.0 Å². The number of amidine groups is 1. The number of benzene rings is 2. The first-order valence-electron chi connectivity index (χ1n) is 10.1. The summed E-state index contributed by atoms with van der Waals surface area (Å²) in [6.07, 6.45) is 0.980. The first-order chi connectivity index (χ1) is 15.5. The number of imide groups is 1. The monoisotopic (exact) mass is 455 g/mol. The van der Waals surface area contributed by atoms with Gasteiger partial charge in [0.05, 0.1) is 25.0 Å². The Bertz CT molecular complexity index is 1010. The van der Waals surface area contributed by atoms with Crippen LogP contribution < -0.4 is 15.0 Å². The molecule has 0 radical (unpaired) electrons. The maximum Gasteiger partial charge on any atom is 0.337 e. The summed E-state index contributed by atoms with van der Waals surface area (Å²) < 4.78 is 10.2. The van der Waals surface area contributed by atoms with Gasteiger partial charge in [-0.2, -0.15) is 0 Å². The van der Waals surface area contributed by atoms with Crippen LogP contribution in [0, 0.1) is 0 Å². The molecule has 168 valence electrons. The lowest BCUT2D eigenvalue weighted by atomic mass is 10.2. The minimum absolute atomic E-state index is 0.0829. The van der Waals surface area contributed by atoms with Crippen LogP contribution in [0.25, 0.3) is 0 Å². The van der Waals surface area contributed by atoms with Crippen molar-refractivity contribution >= 4 is 46.1 Å². The normalized spacial score (nSPS) is 16.3. The lowest BCUT2D eigenvalue weighted by Crippen LogP contribution is -2.31. The van der Waals surface area contributed by atoms with Gasteiger partial charge in [0.25, 0.3) is 0 Å². The highest BCUT2D eigenvalue weighted by molar-refractivity contribution is 8.15. The van der Waals surface area contributed by atoms with Gasteiger partial charge < -0.3 is 14.8 Å². The quantitative estimate of drug-likeness (QED) is 0.294. The van der Waals surface area contributed by atoms with E-state index in [4.69, 9.17) is 9.47 Å². The van der Waals surface area contributed by atoms with Crippen LogP contribution in [0.3, 0.4) is 0 Å². The summed E-state index contributed by atoms with van der Waals surface area (Å²) in [5.41, 5.74) is 1.65. The summed E-state index contributed by atoms with van der Waals surface area (Å²) in [6.45, 7) is 2.63. The number of carbonyl (C=O) groups is 3. The third kappa shape index (κ3) is 5.47. The second-order valence-corrected chi connectivity index (χ2v) is 8.13. The zero-order valence-electron chi connectivity index (χ0n) is 18.2. The molecule has 0 bridgehead atoms. The Morgan fingerprint density at radius 2 is 1.84 bits per heavy atom. The molecule has 1 N–H and O–H groups in total. The zero-order chi connectivity index (χ0) is 23.1. The minimum Gasteiger partial charge on any atom is -0.494 e. The topological polar surface area (TPSA) is 97.3 Å². The van der Waals surface area contributed by atoms with E-state index in [1.54, 1.807) is 55.6 Å². The summed E-state index contributed by atoms with van der Waals surface area (Å²) in [7, 11) is 2.93. The Kier molecular flexibility index (Phi) is 7.88. The van der Waals surface area contributed by atoms with Crippen LogP contribution in [0.1, 0.15) is 30.1 Å². The van der Waals surface area contributed by atoms with Crippen LogP contribution in [0.2, 0.25) is 0 Å². The van der Waals surface area contributed by atoms with E-state index in [0.717, 1.165) is 6.42 Å². The van der Waals surface area contributed by atoms with Crippen molar-refractivity contribution < 1.29 is 23.9 Å². The van der Waals surface area contributed by atoms with Crippen molar-refractivity contribution in [1.82, 2.24) is 0 Å². The van der Waals surface area contributed by atoms with Crippen molar-refractivity contribution in [1.29, 1.82) is 0 Å². The van der Waals surface area contributed by atoms with Crippen LogP contribution in [0.4, 0.5) is 11.4 Å². The minimum atomic E-state index is -0.584. The fourth-order valence-corrected chi connectivity index (χ4v) is 4.07. The lowest BCUT2D eigenvalue weighted by molar-refractivity contribution is -0.121. The first-order valence-corrected chi connectivity index (χ1v) is 11.0. The van der Waals surface area contributed by atoms with Gasteiger partial charge in [-0.25, -0.2) is 9.69 Å². The van der Waals surface area contributed by atoms with E-state index < -0.39 is 11.2 Å². The molecule has 0 aromatic heterocycles. The molecule has 1 aliphatic heterocycles. The van der Waals surface area contributed by atoms with E-state index in [9.17, 15) is 14.4 Å². The molecule has 1 saturated heterocycles. The maximum absolute atomic E-state index is 12.9. The summed E-state index contributed by atoms with van der Waals surface area (Å²) in [5.74, 6) is -0.266. The molecule has 2 aromatic carbocycles. The first kappa shape index (κ1) is 23.3. The van der Waals surface area contributed by atoms with Crippen LogP contribution >= 0.6 is 11.8 Å². The molecule has 32 heavy (non-hydrogen) atoms. The number of hydrogen-bond donors (Lipinski definition) is 1. The molecule has 1 atom stereocenters. The van der Waals surface area contributed by atoms with Crippen LogP contribution in [0.5, 0.6) is 5.75 Å². The molecule has 1 fully saturated rings. The molecule has 1 aliphatic rings. The summed E-state index contributed by atoms with van der Waals surface area (Å²) in [4.78, 5) is 42.5. The van der Waals surface area contributed by atoms with E-state index in [1.165, 1.54) is 23.8 Å². The molecule has 1 heterocycles. The molecule has 2 amide bonds. The molecule has 0 saturated carbocycles. The Morgan fingerprint density at radius 3 is 2.44 bits per heavy atom. The highest BCUT2D eigenvalue weighted by Gasteiger charge is 2.40. The number of anilines is 2. The molecule has 0 spiro atoms. The van der Waals surface area contributed by atoms with Crippen molar-refractivity contribution in [2.45, 2.75) is 25.0 Å². The van der Waals surface area contributed by atoms with Gasteiger partial charge in [-0.05, 0) is 55.0 Å². The van der Waals surface area contributed by atoms with Crippen molar-refractivity contribution in [3.63, 3.8) is 0 Å². The molecular formula is C23H25N3O5S. The largest absolute Gasteiger partial charge is 0.494 e. The predicted octanol–water partition coefficient (Wildman–Crippen LogP) is 3.73. The van der Waals surface area contributed by atoms with Crippen molar-refractivity contribution in [2.75, 3.05) is 31.0 Å². The van der Waals surface area contributed by atoms with Gasteiger partial charge in [-0.15, -0.1) is 0 Å². The van der Waals surface area contributed by atoms with Crippen molar-refractivity contribution in [3.8, 4) is 5.75 Å². The third-order valence-corrected chi connectivity index (χ3v) is 5.85. The number of methoxy groups -OCH3 is 1. The Balaban J connectivity index is 1.65. The van der Waals surface area contributed by atoms with E-state index in [1.807, 2.05) is 6.92 Å². The van der Waals surface area contributed by atoms with E-state index >= 15 is 0 Å². The number of aliphatic imine (C=N–C) groups is 1.